The molecule has 95 valence electrons. The summed E-state index contributed by atoms with van der Waals surface area (Å²) in [4.78, 5) is 0. The summed E-state index contributed by atoms with van der Waals surface area (Å²) in [5, 5.41) is 5.76. The average molecular weight is 282 g/mol. The Morgan fingerprint density at radius 2 is 2.00 bits per heavy atom. The summed E-state index contributed by atoms with van der Waals surface area (Å²) in [5.74, 6) is 0.365. The second-order valence-corrected chi connectivity index (χ2v) is 5.32. The third-order valence-electron chi connectivity index (χ3n) is 2.77. The lowest BCUT2D eigenvalue weighted by Gasteiger charge is -2.11. The van der Waals surface area contributed by atoms with E-state index < -0.39 is 0 Å². The van der Waals surface area contributed by atoms with Gasteiger partial charge < -0.3 is 0 Å². The van der Waals surface area contributed by atoms with E-state index in [2.05, 4.69) is 31.9 Å². The minimum Gasteiger partial charge on any atom is -0.236 e. The summed E-state index contributed by atoms with van der Waals surface area (Å²) in [6, 6.07) is 7.51. The van der Waals surface area contributed by atoms with Crippen molar-refractivity contribution in [3.8, 4) is 5.69 Å². The monoisotopic (exact) mass is 281 g/mol. The van der Waals surface area contributed by atoms with E-state index in [9.17, 15) is 0 Å². The molecule has 0 aliphatic carbocycles. The molecular formula is C14H15Cl2N2. The van der Waals surface area contributed by atoms with Gasteiger partial charge in [-0.1, -0.05) is 37.0 Å². The Bertz CT molecular complexity index is 559. The summed E-state index contributed by atoms with van der Waals surface area (Å²) < 4.78 is 1.88. The lowest BCUT2D eigenvalue weighted by atomic mass is 10.1. The Hall–Kier alpha value is -0.990. The fraction of sp³-hybridized carbons (Fsp3) is 0.286. The maximum absolute atomic E-state index is 6.23. The van der Waals surface area contributed by atoms with E-state index in [-0.39, 0.29) is 0 Å². The van der Waals surface area contributed by atoms with Crippen molar-refractivity contribution in [3.63, 3.8) is 0 Å². The molecule has 2 aromatic rings. The van der Waals surface area contributed by atoms with Crippen molar-refractivity contribution in [1.82, 2.24) is 9.78 Å². The van der Waals surface area contributed by atoms with Crippen LogP contribution in [-0.2, 0) is 6.42 Å². The SMILES string of the molecule is [CH2]Cc1cc(C(C)C)n(-c2ccc(Cl)cc2Cl)n1. The van der Waals surface area contributed by atoms with Crippen LogP contribution in [0.25, 0.3) is 5.69 Å². The van der Waals surface area contributed by atoms with E-state index in [0.29, 0.717) is 22.4 Å². The molecule has 1 aromatic heterocycles. The highest BCUT2D eigenvalue weighted by Gasteiger charge is 2.14. The van der Waals surface area contributed by atoms with Crippen LogP contribution in [-0.4, -0.2) is 9.78 Å². The molecule has 0 N–H and O–H groups in total. The maximum Gasteiger partial charge on any atom is 0.0836 e. The summed E-state index contributed by atoms with van der Waals surface area (Å²) in [7, 11) is 0. The minimum absolute atomic E-state index is 0.365. The fourth-order valence-electron chi connectivity index (χ4n) is 1.83. The Morgan fingerprint density at radius 3 is 2.56 bits per heavy atom. The zero-order chi connectivity index (χ0) is 13.3. The second kappa shape index (κ2) is 5.33. The van der Waals surface area contributed by atoms with Crippen LogP contribution in [0.2, 0.25) is 10.0 Å². The molecular weight excluding hydrogens is 267 g/mol. The van der Waals surface area contributed by atoms with Gasteiger partial charge >= 0.3 is 0 Å². The van der Waals surface area contributed by atoms with Crippen LogP contribution >= 0.6 is 23.2 Å². The molecule has 2 nitrogen and oxygen atoms in total. The van der Waals surface area contributed by atoms with Crippen LogP contribution in [0.15, 0.2) is 24.3 Å². The Kier molecular flexibility index (Phi) is 3.98. The minimum atomic E-state index is 0.365. The topological polar surface area (TPSA) is 17.8 Å². The van der Waals surface area contributed by atoms with E-state index in [1.165, 1.54) is 0 Å². The van der Waals surface area contributed by atoms with Gasteiger partial charge in [0.25, 0.3) is 0 Å². The maximum atomic E-state index is 6.23. The molecule has 0 spiro atoms. The van der Waals surface area contributed by atoms with Crippen LogP contribution in [0.3, 0.4) is 0 Å². The normalized spacial score (nSPS) is 11.2. The molecule has 0 fully saturated rings. The molecule has 2 rings (SSSR count). The number of hydrogen-bond acceptors (Lipinski definition) is 1. The standard InChI is InChI=1S/C14H15Cl2N2/c1-4-11-8-14(9(2)3)18(17-11)13-6-5-10(15)7-12(13)16/h5-9H,1,4H2,2-3H3. The summed E-state index contributed by atoms with van der Waals surface area (Å²) >= 11 is 12.1. The van der Waals surface area contributed by atoms with Gasteiger partial charge in [0, 0.05) is 10.7 Å². The van der Waals surface area contributed by atoms with Crippen LogP contribution in [0.1, 0.15) is 31.2 Å². The first-order valence-corrected chi connectivity index (χ1v) is 6.62. The molecule has 0 aliphatic rings. The van der Waals surface area contributed by atoms with Crippen molar-refractivity contribution >= 4 is 23.2 Å². The van der Waals surface area contributed by atoms with Crippen molar-refractivity contribution in [1.29, 1.82) is 0 Å². The number of halogens is 2. The summed E-state index contributed by atoms with van der Waals surface area (Å²) in [6.07, 6.45) is 0.665. The highest BCUT2D eigenvalue weighted by Crippen LogP contribution is 2.27. The van der Waals surface area contributed by atoms with E-state index in [1.54, 1.807) is 6.07 Å². The van der Waals surface area contributed by atoms with Gasteiger partial charge in [-0.05, 0) is 43.5 Å². The van der Waals surface area contributed by atoms with Crippen LogP contribution in [0, 0.1) is 6.92 Å². The van der Waals surface area contributed by atoms with Crippen molar-refractivity contribution < 1.29 is 0 Å². The van der Waals surface area contributed by atoms with Crippen LogP contribution in [0.4, 0.5) is 0 Å². The van der Waals surface area contributed by atoms with Crippen molar-refractivity contribution in [2.45, 2.75) is 26.2 Å². The average Bonchev–Trinajstić information content (AvgIpc) is 2.73. The largest absolute Gasteiger partial charge is 0.236 e. The molecule has 0 amide bonds. The molecule has 0 aliphatic heterocycles. The zero-order valence-electron chi connectivity index (χ0n) is 10.5. The van der Waals surface area contributed by atoms with E-state index in [1.807, 2.05) is 16.8 Å². The second-order valence-electron chi connectivity index (χ2n) is 4.47. The smallest absolute Gasteiger partial charge is 0.0836 e. The highest BCUT2D eigenvalue weighted by molar-refractivity contribution is 6.35. The fourth-order valence-corrected chi connectivity index (χ4v) is 2.31. The van der Waals surface area contributed by atoms with Gasteiger partial charge in [0.1, 0.15) is 0 Å². The molecule has 0 saturated carbocycles. The molecule has 4 heteroatoms. The van der Waals surface area contributed by atoms with Gasteiger partial charge in [-0.2, -0.15) is 5.10 Å². The third kappa shape index (κ3) is 2.55. The van der Waals surface area contributed by atoms with Gasteiger partial charge in [0.15, 0.2) is 0 Å². The van der Waals surface area contributed by atoms with Gasteiger partial charge in [-0.25, -0.2) is 4.68 Å². The molecule has 1 heterocycles. The number of rotatable bonds is 3. The number of hydrogen-bond donors (Lipinski definition) is 0. The van der Waals surface area contributed by atoms with E-state index in [4.69, 9.17) is 23.2 Å². The number of nitrogens with zero attached hydrogens (tertiary/aromatic N) is 2. The Morgan fingerprint density at radius 1 is 1.28 bits per heavy atom. The predicted octanol–water partition coefficient (Wildman–Crippen LogP) is 4.68. The Labute approximate surface area is 118 Å². The molecule has 0 atom stereocenters. The molecule has 1 aromatic carbocycles. The number of benzene rings is 1. The van der Waals surface area contributed by atoms with Gasteiger partial charge in [0.2, 0.25) is 0 Å². The third-order valence-corrected chi connectivity index (χ3v) is 3.31. The predicted molar refractivity (Wildman–Crippen MR) is 76.7 cm³/mol. The first-order valence-electron chi connectivity index (χ1n) is 5.86. The molecule has 0 saturated heterocycles. The van der Waals surface area contributed by atoms with Crippen molar-refractivity contribution in [3.05, 3.63) is 52.6 Å². The zero-order valence-corrected chi connectivity index (χ0v) is 12.0. The molecule has 1 radical (unpaired) electrons. The van der Waals surface area contributed by atoms with E-state index >= 15 is 0 Å². The highest BCUT2D eigenvalue weighted by atomic mass is 35.5. The first kappa shape index (κ1) is 13.4. The van der Waals surface area contributed by atoms with E-state index in [0.717, 1.165) is 17.1 Å². The quantitative estimate of drug-likeness (QED) is 0.799. The summed E-state index contributed by atoms with van der Waals surface area (Å²) in [5.41, 5.74) is 2.94. The lowest BCUT2D eigenvalue weighted by Crippen LogP contribution is -2.04. The van der Waals surface area contributed by atoms with Crippen molar-refractivity contribution in [2.24, 2.45) is 0 Å². The first-order chi connectivity index (χ1) is 8.52. The van der Waals surface area contributed by atoms with Gasteiger partial charge in [0.05, 0.1) is 16.4 Å². The van der Waals surface area contributed by atoms with Crippen LogP contribution in [0.5, 0.6) is 0 Å². The molecule has 0 unspecified atom stereocenters. The van der Waals surface area contributed by atoms with Crippen molar-refractivity contribution in [2.75, 3.05) is 0 Å². The van der Waals surface area contributed by atoms with Gasteiger partial charge in [-0.15, -0.1) is 0 Å². The van der Waals surface area contributed by atoms with Crippen LogP contribution < -0.4 is 0 Å². The lowest BCUT2D eigenvalue weighted by molar-refractivity contribution is 0.729. The molecule has 18 heavy (non-hydrogen) atoms. The Balaban J connectivity index is 2.58. The van der Waals surface area contributed by atoms with Gasteiger partial charge in [-0.3, -0.25) is 0 Å². The number of aromatic nitrogens is 2. The summed E-state index contributed by atoms with van der Waals surface area (Å²) in [6.45, 7) is 8.13. The molecule has 0 bridgehead atoms.